The monoisotopic (exact) mass is 758 g/mol. The molecule has 0 radical (unpaired) electrons. The van der Waals surface area contributed by atoms with Crippen molar-refractivity contribution >= 4 is 49.3 Å². The molecule has 4 aromatic heterocycles. The van der Waals surface area contributed by atoms with Crippen molar-refractivity contribution in [1.82, 2.24) is 29.1 Å². The molecule has 0 aliphatic heterocycles. The number of para-hydroxylation sites is 2. The van der Waals surface area contributed by atoms with Crippen molar-refractivity contribution in [2.45, 2.75) is 6.18 Å². The van der Waals surface area contributed by atoms with Gasteiger partial charge in [0.1, 0.15) is 0 Å². The van der Waals surface area contributed by atoms with E-state index in [4.69, 9.17) is 6.57 Å². The minimum Gasteiger partial charge on any atom is -0.307 e. The van der Waals surface area contributed by atoms with Crippen molar-refractivity contribution in [2.24, 2.45) is 0 Å². The van der Waals surface area contributed by atoms with Crippen molar-refractivity contribution in [3.8, 4) is 51.3 Å². The van der Waals surface area contributed by atoms with Crippen LogP contribution in [0.15, 0.2) is 152 Å². The van der Waals surface area contributed by atoms with Crippen molar-refractivity contribution in [2.75, 3.05) is 0 Å². The zero-order chi connectivity index (χ0) is 39.5. The largest absolute Gasteiger partial charge is 0.415 e. The highest BCUT2D eigenvalue weighted by Gasteiger charge is 2.36. The molecule has 0 unspecified atom stereocenters. The van der Waals surface area contributed by atoms with Gasteiger partial charge in [-0.3, -0.25) is 0 Å². The first kappa shape index (κ1) is 34.3. The van der Waals surface area contributed by atoms with E-state index in [2.05, 4.69) is 30.9 Å². The van der Waals surface area contributed by atoms with Gasteiger partial charge >= 0.3 is 6.18 Å². The molecule has 0 atom stereocenters. The Balaban J connectivity index is 1.36. The third-order valence-corrected chi connectivity index (χ3v) is 10.4. The highest BCUT2D eigenvalue weighted by Crippen LogP contribution is 2.47. The topological polar surface area (TPSA) is 89.6 Å². The van der Waals surface area contributed by atoms with E-state index in [1.165, 1.54) is 12.1 Å². The van der Waals surface area contributed by atoms with Gasteiger partial charge in [-0.15, -0.1) is 0 Å². The molecule has 0 saturated heterocycles. The SMILES string of the molecule is [C-]#[N+]c1cccc(C(F)(F)F)c1-c1cc(-n2c3ccccc3c3cc(-c4ncccn4)ccc32)c(-n2c3ccccc3c3cc(-c4ncccn4)ccc32)cc1C#N. The Kier molecular flexibility index (Phi) is 7.85. The van der Waals surface area contributed by atoms with E-state index >= 15 is 0 Å². The van der Waals surface area contributed by atoms with E-state index in [0.29, 0.717) is 23.0 Å². The maximum absolute atomic E-state index is 14.8. The standard InChI is InChI=1S/C47H25F3N8/c1-52-37-12-6-11-36(47(48,49)50)44(37)33-26-43(58-39-14-5-3-10-32(39)35-24-29(16-18-41(35)58)46-55-21-8-22-56-46)42(25-30(33)27-51)57-38-13-4-2-9-31(38)34-23-28(15-17-40(34)57)45-53-19-7-20-54-45/h2-26H. The van der Waals surface area contributed by atoms with Gasteiger partial charge in [-0.25, -0.2) is 24.8 Å². The molecule has 0 fully saturated rings. The number of nitriles is 1. The number of hydrogen-bond acceptors (Lipinski definition) is 5. The number of alkyl halides is 3. The predicted octanol–water partition coefficient (Wildman–Crippen LogP) is 11.9. The van der Waals surface area contributed by atoms with E-state index in [-0.39, 0.29) is 22.4 Å². The van der Waals surface area contributed by atoms with Crippen LogP contribution in [0.1, 0.15) is 11.1 Å². The van der Waals surface area contributed by atoms with Crippen molar-refractivity contribution < 1.29 is 13.2 Å². The van der Waals surface area contributed by atoms with Crippen LogP contribution in [-0.4, -0.2) is 29.1 Å². The molecule has 0 N–H and O–H groups in total. The van der Waals surface area contributed by atoms with Crippen LogP contribution in [0.3, 0.4) is 0 Å². The predicted molar refractivity (Wildman–Crippen MR) is 219 cm³/mol. The second kappa shape index (κ2) is 13.3. The van der Waals surface area contributed by atoms with Gasteiger partial charge in [-0.05, 0) is 78.4 Å². The zero-order valence-electron chi connectivity index (χ0n) is 30.1. The lowest BCUT2D eigenvalue weighted by Gasteiger charge is -2.21. The molecule has 0 spiro atoms. The maximum atomic E-state index is 14.8. The van der Waals surface area contributed by atoms with Crippen molar-refractivity contribution in [3.63, 3.8) is 0 Å². The minimum absolute atomic E-state index is 0.00954. The molecule has 58 heavy (non-hydrogen) atoms. The highest BCUT2D eigenvalue weighted by atomic mass is 19.4. The summed E-state index contributed by atoms with van der Waals surface area (Å²) in [5.41, 5.74) is 4.17. The Labute approximate surface area is 328 Å². The Hall–Kier alpha value is -8.15. The Bertz CT molecular complexity index is 3360. The molecule has 10 aromatic rings. The van der Waals surface area contributed by atoms with Gasteiger partial charge in [-0.1, -0.05) is 54.6 Å². The summed E-state index contributed by atoms with van der Waals surface area (Å²) < 4.78 is 48.6. The van der Waals surface area contributed by atoms with Crippen LogP contribution in [-0.2, 0) is 6.18 Å². The van der Waals surface area contributed by atoms with Crippen LogP contribution in [0.5, 0.6) is 0 Å². The maximum Gasteiger partial charge on any atom is 0.415 e. The lowest BCUT2D eigenvalue weighted by Crippen LogP contribution is -2.09. The van der Waals surface area contributed by atoms with Gasteiger partial charge in [-0.2, -0.15) is 18.4 Å². The van der Waals surface area contributed by atoms with Gasteiger partial charge in [0.25, 0.3) is 0 Å². The molecule has 274 valence electrons. The quantitative estimate of drug-likeness (QED) is 0.163. The molecule has 0 amide bonds. The molecular weight excluding hydrogens is 734 g/mol. The van der Waals surface area contributed by atoms with E-state index < -0.39 is 11.7 Å². The first-order valence-corrected chi connectivity index (χ1v) is 18.1. The summed E-state index contributed by atoms with van der Waals surface area (Å²) in [6.45, 7) is 7.92. The summed E-state index contributed by atoms with van der Waals surface area (Å²) >= 11 is 0. The first-order chi connectivity index (χ1) is 28.3. The molecule has 8 nitrogen and oxygen atoms in total. The fourth-order valence-corrected chi connectivity index (χ4v) is 8.03. The average Bonchev–Trinajstić information content (AvgIpc) is 3.78. The van der Waals surface area contributed by atoms with Gasteiger partial charge in [0.2, 0.25) is 0 Å². The first-order valence-electron chi connectivity index (χ1n) is 18.1. The fraction of sp³-hybridized carbons (Fsp3) is 0.0213. The second-order valence-corrected chi connectivity index (χ2v) is 13.6. The number of fused-ring (bicyclic) bond motifs is 6. The van der Waals surface area contributed by atoms with Crippen LogP contribution in [0.4, 0.5) is 18.9 Å². The van der Waals surface area contributed by atoms with Crippen LogP contribution in [0.25, 0.3) is 93.7 Å². The average molecular weight is 759 g/mol. The lowest BCUT2D eigenvalue weighted by atomic mass is 9.92. The van der Waals surface area contributed by atoms with E-state index in [9.17, 15) is 18.4 Å². The highest BCUT2D eigenvalue weighted by molar-refractivity contribution is 6.13. The third kappa shape index (κ3) is 5.37. The molecule has 10 rings (SSSR count). The number of hydrogen-bond donors (Lipinski definition) is 0. The van der Waals surface area contributed by atoms with Crippen LogP contribution in [0, 0.1) is 17.9 Å². The van der Waals surface area contributed by atoms with Crippen LogP contribution in [0.2, 0.25) is 0 Å². The van der Waals surface area contributed by atoms with Gasteiger partial charge in [0.15, 0.2) is 17.3 Å². The summed E-state index contributed by atoms with van der Waals surface area (Å²) in [4.78, 5) is 21.4. The van der Waals surface area contributed by atoms with Gasteiger partial charge in [0.05, 0.1) is 57.2 Å². The van der Waals surface area contributed by atoms with E-state index in [1.54, 1.807) is 49.1 Å². The number of nitrogens with zero attached hydrogens (tertiary/aromatic N) is 8. The number of halogens is 3. The van der Waals surface area contributed by atoms with Crippen molar-refractivity contribution in [1.29, 1.82) is 5.26 Å². The van der Waals surface area contributed by atoms with E-state index in [1.807, 2.05) is 94.1 Å². The van der Waals surface area contributed by atoms with Crippen molar-refractivity contribution in [3.05, 3.63) is 175 Å². The van der Waals surface area contributed by atoms with E-state index in [0.717, 1.165) is 60.8 Å². The van der Waals surface area contributed by atoms with Crippen LogP contribution >= 0.6 is 0 Å². The number of rotatable bonds is 5. The summed E-state index contributed by atoms with van der Waals surface area (Å²) in [7, 11) is 0. The summed E-state index contributed by atoms with van der Waals surface area (Å²) in [6.07, 6.45) is 1.92. The number of benzene rings is 6. The molecular formula is C47H25F3N8. The number of aromatic nitrogens is 6. The Morgan fingerprint density at radius 3 is 1.55 bits per heavy atom. The molecule has 0 bridgehead atoms. The lowest BCUT2D eigenvalue weighted by molar-refractivity contribution is -0.137. The molecule has 0 aliphatic rings. The third-order valence-electron chi connectivity index (χ3n) is 10.4. The molecule has 0 saturated carbocycles. The zero-order valence-corrected chi connectivity index (χ0v) is 30.1. The molecule has 6 aromatic carbocycles. The van der Waals surface area contributed by atoms with Gasteiger partial charge < -0.3 is 9.13 Å². The fourth-order valence-electron chi connectivity index (χ4n) is 8.03. The summed E-state index contributed by atoms with van der Waals surface area (Å²) in [6, 6.07) is 40.0. The van der Waals surface area contributed by atoms with Gasteiger partial charge in [0, 0.05) is 63.0 Å². The minimum atomic E-state index is -4.81. The smallest absolute Gasteiger partial charge is 0.307 e. The molecule has 11 heteroatoms. The van der Waals surface area contributed by atoms with Crippen LogP contribution < -0.4 is 0 Å². The Morgan fingerprint density at radius 2 is 1.05 bits per heavy atom. The molecule has 0 aliphatic carbocycles. The summed E-state index contributed by atoms with van der Waals surface area (Å²) in [5, 5.41) is 14.4. The second-order valence-electron chi connectivity index (χ2n) is 13.6. The summed E-state index contributed by atoms with van der Waals surface area (Å²) in [5.74, 6) is 1.10. The Morgan fingerprint density at radius 1 is 0.552 bits per heavy atom. The molecule has 4 heterocycles. The normalized spacial score (nSPS) is 11.7.